The highest BCUT2D eigenvalue weighted by Crippen LogP contribution is 2.24. The number of hydrogen-bond donors (Lipinski definition) is 1. The Bertz CT molecular complexity index is 662. The molecule has 0 aliphatic carbocycles. The molecule has 1 aromatic carbocycles. The van der Waals surface area contributed by atoms with Gasteiger partial charge in [0.1, 0.15) is 5.69 Å². The summed E-state index contributed by atoms with van der Waals surface area (Å²) in [4.78, 5) is 11.5. The molecule has 0 unspecified atom stereocenters. The average Bonchev–Trinajstić information content (AvgIpc) is 2.71. The number of nitrogens with zero attached hydrogens (tertiary/aromatic N) is 1. The Morgan fingerprint density at radius 2 is 1.95 bits per heavy atom. The highest BCUT2D eigenvalue weighted by Gasteiger charge is 2.18. The molecule has 0 spiro atoms. The van der Waals surface area contributed by atoms with Gasteiger partial charge in [0.15, 0.2) is 0 Å². The molecule has 5 heteroatoms. The molecule has 3 nitrogen and oxygen atoms in total. The summed E-state index contributed by atoms with van der Waals surface area (Å²) < 4.78 is 1.79. The molecule has 0 aliphatic rings. The average molecular weight is 312 g/mol. The van der Waals surface area contributed by atoms with Crippen LogP contribution in [0.5, 0.6) is 0 Å². The van der Waals surface area contributed by atoms with Gasteiger partial charge in [0, 0.05) is 12.2 Å². The minimum Gasteiger partial charge on any atom is -0.477 e. The van der Waals surface area contributed by atoms with Crippen molar-refractivity contribution in [1.82, 2.24) is 4.57 Å². The summed E-state index contributed by atoms with van der Waals surface area (Å²) in [6.07, 6.45) is 0.691. The molecule has 0 fully saturated rings. The van der Waals surface area contributed by atoms with E-state index in [0.717, 1.165) is 16.8 Å². The van der Waals surface area contributed by atoms with Crippen molar-refractivity contribution in [1.29, 1.82) is 0 Å². The van der Waals surface area contributed by atoms with E-state index in [1.54, 1.807) is 16.7 Å². The first-order chi connectivity index (χ1) is 9.43. The smallest absolute Gasteiger partial charge is 0.352 e. The highest BCUT2D eigenvalue weighted by atomic mass is 35.5. The van der Waals surface area contributed by atoms with Crippen LogP contribution in [0.3, 0.4) is 0 Å². The fourth-order valence-corrected chi connectivity index (χ4v) is 2.62. The van der Waals surface area contributed by atoms with Gasteiger partial charge in [0.05, 0.1) is 10.0 Å². The summed E-state index contributed by atoms with van der Waals surface area (Å²) in [5.74, 6) is -0.907. The lowest BCUT2D eigenvalue weighted by molar-refractivity contribution is 0.0684. The number of carboxylic acid groups (broad SMARTS) is 1. The van der Waals surface area contributed by atoms with E-state index in [-0.39, 0.29) is 0 Å². The van der Waals surface area contributed by atoms with Crippen LogP contribution in [-0.2, 0) is 13.0 Å². The van der Waals surface area contributed by atoms with E-state index < -0.39 is 5.97 Å². The summed E-state index contributed by atoms with van der Waals surface area (Å²) in [5.41, 5.74) is 3.03. The first-order valence-electron chi connectivity index (χ1n) is 6.30. The van der Waals surface area contributed by atoms with Crippen LogP contribution < -0.4 is 0 Å². The molecular formula is C15H15Cl2NO2. The maximum Gasteiger partial charge on any atom is 0.352 e. The molecule has 1 heterocycles. The molecular weight excluding hydrogens is 297 g/mol. The summed E-state index contributed by atoms with van der Waals surface area (Å²) in [6, 6.07) is 7.26. The molecule has 0 aliphatic heterocycles. The number of carbonyl (C=O) groups is 1. The number of benzene rings is 1. The van der Waals surface area contributed by atoms with Gasteiger partial charge < -0.3 is 9.67 Å². The summed E-state index contributed by atoms with van der Waals surface area (Å²) >= 11 is 11.9. The molecule has 1 N–H and O–H groups in total. The summed E-state index contributed by atoms with van der Waals surface area (Å²) in [7, 11) is 0. The van der Waals surface area contributed by atoms with Crippen LogP contribution in [0.25, 0.3) is 0 Å². The molecule has 2 rings (SSSR count). The zero-order chi connectivity index (χ0) is 14.9. The maximum absolute atomic E-state index is 11.5. The van der Waals surface area contributed by atoms with E-state index in [4.69, 9.17) is 23.2 Å². The van der Waals surface area contributed by atoms with Gasteiger partial charge in [0.2, 0.25) is 0 Å². The predicted molar refractivity (Wildman–Crippen MR) is 81.1 cm³/mol. The molecule has 0 saturated heterocycles. The van der Waals surface area contributed by atoms with Crippen LogP contribution in [-0.4, -0.2) is 15.6 Å². The molecule has 2 aromatic rings. The monoisotopic (exact) mass is 311 g/mol. The molecule has 0 amide bonds. The van der Waals surface area contributed by atoms with Gasteiger partial charge in [-0.15, -0.1) is 0 Å². The fourth-order valence-electron chi connectivity index (χ4n) is 2.29. The Morgan fingerprint density at radius 1 is 1.25 bits per heavy atom. The van der Waals surface area contributed by atoms with Crippen LogP contribution in [0, 0.1) is 6.92 Å². The van der Waals surface area contributed by atoms with Gasteiger partial charge in [0.25, 0.3) is 0 Å². The lowest BCUT2D eigenvalue weighted by Crippen LogP contribution is -2.12. The third-order valence-electron chi connectivity index (χ3n) is 3.29. The van der Waals surface area contributed by atoms with Crippen LogP contribution >= 0.6 is 23.2 Å². The lowest BCUT2D eigenvalue weighted by atomic mass is 10.2. The number of halogens is 2. The van der Waals surface area contributed by atoms with Crippen LogP contribution in [0.1, 0.15) is 34.2 Å². The predicted octanol–water partition coefficient (Wildman–Crippen LogP) is 4.41. The van der Waals surface area contributed by atoms with Crippen molar-refractivity contribution in [3.8, 4) is 0 Å². The van der Waals surface area contributed by atoms with E-state index >= 15 is 0 Å². The number of aromatic carboxylic acids is 1. The molecule has 0 bridgehead atoms. The maximum atomic E-state index is 11.5. The second-order valence-corrected chi connectivity index (χ2v) is 5.47. The lowest BCUT2D eigenvalue weighted by Gasteiger charge is -2.11. The van der Waals surface area contributed by atoms with Gasteiger partial charge in [-0.3, -0.25) is 0 Å². The highest BCUT2D eigenvalue weighted by molar-refractivity contribution is 6.42. The number of aryl methyl sites for hydroxylation is 2. The molecule has 106 valence electrons. The van der Waals surface area contributed by atoms with Crippen molar-refractivity contribution < 1.29 is 9.90 Å². The van der Waals surface area contributed by atoms with E-state index in [0.29, 0.717) is 28.7 Å². The standard InChI is InChI=1S/C15H15Cl2NO2/c1-3-11-6-9(2)18(14(11)15(19)20)8-10-4-5-12(16)13(17)7-10/h4-7H,3,8H2,1-2H3,(H,19,20). The SMILES string of the molecule is CCc1cc(C)n(Cc2ccc(Cl)c(Cl)c2)c1C(=O)O. The van der Waals surface area contributed by atoms with Gasteiger partial charge >= 0.3 is 5.97 Å². The Kier molecular flexibility index (Phi) is 4.41. The number of carboxylic acids is 1. The largest absolute Gasteiger partial charge is 0.477 e. The minimum absolute atomic E-state index is 0.344. The normalized spacial score (nSPS) is 10.8. The van der Waals surface area contributed by atoms with Gasteiger partial charge in [-0.05, 0) is 42.7 Å². The number of aromatic nitrogens is 1. The van der Waals surface area contributed by atoms with E-state index in [9.17, 15) is 9.90 Å². The van der Waals surface area contributed by atoms with E-state index in [2.05, 4.69) is 0 Å². The Balaban J connectivity index is 2.45. The van der Waals surface area contributed by atoms with Gasteiger partial charge in [-0.25, -0.2) is 4.79 Å². The van der Waals surface area contributed by atoms with Crippen LogP contribution in [0.15, 0.2) is 24.3 Å². The molecule has 0 atom stereocenters. The van der Waals surface area contributed by atoms with Crippen molar-refractivity contribution in [2.24, 2.45) is 0 Å². The molecule has 0 radical (unpaired) electrons. The van der Waals surface area contributed by atoms with Crippen molar-refractivity contribution in [3.05, 3.63) is 56.8 Å². The number of rotatable bonds is 4. The summed E-state index contributed by atoms with van der Waals surface area (Å²) in [5, 5.41) is 10.4. The van der Waals surface area contributed by atoms with Crippen molar-refractivity contribution in [2.45, 2.75) is 26.8 Å². The first kappa shape index (κ1) is 14.9. The second kappa shape index (κ2) is 5.90. The third kappa shape index (κ3) is 2.84. The van der Waals surface area contributed by atoms with Crippen molar-refractivity contribution >= 4 is 29.2 Å². The van der Waals surface area contributed by atoms with E-state index in [1.165, 1.54) is 0 Å². The molecule has 0 saturated carbocycles. The Morgan fingerprint density at radius 3 is 2.50 bits per heavy atom. The quantitative estimate of drug-likeness (QED) is 0.908. The topological polar surface area (TPSA) is 42.2 Å². The van der Waals surface area contributed by atoms with Crippen molar-refractivity contribution in [2.75, 3.05) is 0 Å². The zero-order valence-corrected chi connectivity index (χ0v) is 12.8. The Labute approximate surface area is 127 Å². The second-order valence-electron chi connectivity index (χ2n) is 4.65. The molecule has 20 heavy (non-hydrogen) atoms. The summed E-state index contributed by atoms with van der Waals surface area (Å²) in [6.45, 7) is 4.32. The van der Waals surface area contributed by atoms with Gasteiger partial charge in [-0.2, -0.15) is 0 Å². The minimum atomic E-state index is -0.907. The molecule has 1 aromatic heterocycles. The van der Waals surface area contributed by atoms with Crippen LogP contribution in [0.4, 0.5) is 0 Å². The third-order valence-corrected chi connectivity index (χ3v) is 4.03. The Hall–Kier alpha value is -1.45. The van der Waals surface area contributed by atoms with E-state index in [1.807, 2.05) is 26.0 Å². The van der Waals surface area contributed by atoms with Crippen molar-refractivity contribution in [3.63, 3.8) is 0 Å². The number of hydrogen-bond acceptors (Lipinski definition) is 1. The van der Waals surface area contributed by atoms with Crippen LogP contribution in [0.2, 0.25) is 10.0 Å². The van der Waals surface area contributed by atoms with Gasteiger partial charge in [-0.1, -0.05) is 36.2 Å². The zero-order valence-electron chi connectivity index (χ0n) is 11.3. The fraction of sp³-hybridized carbons (Fsp3) is 0.267. The first-order valence-corrected chi connectivity index (χ1v) is 7.05.